The summed E-state index contributed by atoms with van der Waals surface area (Å²) >= 11 is 0. The van der Waals surface area contributed by atoms with Gasteiger partial charge < -0.3 is 19.3 Å². The number of imide groups is 1. The first-order valence-corrected chi connectivity index (χ1v) is 10.2. The zero-order chi connectivity index (χ0) is 20.7. The summed E-state index contributed by atoms with van der Waals surface area (Å²) in [5.74, 6) is 0.838. The van der Waals surface area contributed by atoms with Gasteiger partial charge in [0, 0.05) is 5.69 Å². The molecule has 1 N–H and O–H groups in total. The molecule has 0 spiro atoms. The van der Waals surface area contributed by atoms with Crippen molar-refractivity contribution in [2.75, 3.05) is 37.9 Å². The van der Waals surface area contributed by atoms with Crippen LogP contribution in [0, 0.1) is 5.82 Å². The Kier molecular flexibility index (Phi) is 4.78. The molecule has 3 aliphatic rings. The van der Waals surface area contributed by atoms with Crippen LogP contribution in [0.2, 0.25) is 0 Å². The summed E-state index contributed by atoms with van der Waals surface area (Å²) in [5.41, 5.74) is 1.83. The van der Waals surface area contributed by atoms with E-state index in [4.69, 9.17) is 9.47 Å². The van der Waals surface area contributed by atoms with E-state index in [0.29, 0.717) is 11.5 Å². The molecule has 7 nitrogen and oxygen atoms in total. The molecule has 5 rings (SSSR count). The number of nitrogens with zero attached hydrogens (tertiary/aromatic N) is 2. The van der Waals surface area contributed by atoms with Gasteiger partial charge in [-0.15, -0.1) is 0 Å². The summed E-state index contributed by atoms with van der Waals surface area (Å²) in [7, 11) is 0. The van der Waals surface area contributed by atoms with Crippen molar-refractivity contribution in [2.24, 2.45) is 0 Å². The maximum atomic E-state index is 13.1. The predicted molar refractivity (Wildman–Crippen MR) is 106 cm³/mol. The molecule has 2 saturated heterocycles. The Morgan fingerprint density at radius 3 is 2.50 bits per heavy atom. The van der Waals surface area contributed by atoms with Crippen LogP contribution < -0.4 is 19.3 Å². The van der Waals surface area contributed by atoms with Crippen molar-refractivity contribution in [3.63, 3.8) is 0 Å². The van der Waals surface area contributed by atoms with Crippen LogP contribution in [-0.4, -0.2) is 55.7 Å². The molecule has 0 aliphatic carbocycles. The minimum Gasteiger partial charge on any atom is -0.454 e. The van der Waals surface area contributed by atoms with Gasteiger partial charge in [-0.1, -0.05) is 6.07 Å². The number of fused-ring (bicyclic) bond motifs is 1. The lowest BCUT2D eigenvalue weighted by Crippen LogP contribution is -3.19. The summed E-state index contributed by atoms with van der Waals surface area (Å²) in [6, 6.07) is 11.6. The normalized spacial score (nSPS) is 21.6. The highest BCUT2D eigenvalue weighted by molar-refractivity contribution is 6.04. The molecule has 156 valence electrons. The molecule has 0 radical (unpaired) electrons. The first kappa shape index (κ1) is 18.9. The highest BCUT2D eigenvalue weighted by Crippen LogP contribution is 2.33. The first-order chi connectivity index (χ1) is 14.6. The molecule has 8 heteroatoms. The number of hydrogen-bond donors (Lipinski definition) is 1. The van der Waals surface area contributed by atoms with Gasteiger partial charge in [0.15, 0.2) is 17.5 Å². The highest BCUT2D eigenvalue weighted by Gasteiger charge is 2.45. The summed E-state index contributed by atoms with van der Waals surface area (Å²) < 4.78 is 23.8. The molecular formula is C22H23FN3O4+. The Morgan fingerprint density at radius 1 is 1.00 bits per heavy atom. The van der Waals surface area contributed by atoms with E-state index in [1.807, 2.05) is 12.1 Å². The largest absolute Gasteiger partial charge is 0.454 e. The molecular weight excluding hydrogens is 389 g/mol. The molecule has 0 bridgehead atoms. The molecule has 2 amide bonds. The quantitative estimate of drug-likeness (QED) is 0.745. The number of nitrogens with one attached hydrogen (secondary N) is 1. The lowest BCUT2D eigenvalue weighted by molar-refractivity contribution is -0.915. The van der Waals surface area contributed by atoms with E-state index < -0.39 is 0 Å². The van der Waals surface area contributed by atoms with E-state index in [1.54, 1.807) is 18.2 Å². The molecule has 2 aromatic carbocycles. The minimum atomic E-state index is -0.332. The van der Waals surface area contributed by atoms with Crippen LogP contribution in [0.5, 0.6) is 11.5 Å². The molecule has 2 fully saturated rings. The average Bonchev–Trinajstić information content (AvgIpc) is 3.34. The van der Waals surface area contributed by atoms with Crippen molar-refractivity contribution >= 4 is 17.5 Å². The van der Waals surface area contributed by atoms with Gasteiger partial charge in [0.05, 0.1) is 39.1 Å². The highest BCUT2D eigenvalue weighted by atomic mass is 19.1. The van der Waals surface area contributed by atoms with E-state index >= 15 is 0 Å². The number of piperazine rings is 1. The Hall–Kier alpha value is -3.13. The average molecular weight is 412 g/mol. The minimum absolute atomic E-state index is 0.108. The first-order valence-electron chi connectivity index (χ1n) is 10.2. The number of hydrogen-bond acceptors (Lipinski definition) is 5. The van der Waals surface area contributed by atoms with Crippen LogP contribution >= 0.6 is 0 Å². The number of carbonyl (C=O) groups is 2. The summed E-state index contributed by atoms with van der Waals surface area (Å²) in [5, 5.41) is 0. The van der Waals surface area contributed by atoms with Gasteiger partial charge in [-0.25, -0.2) is 4.39 Å². The fraction of sp³-hybridized carbons (Fsp3) is 0.364. The van der Waals surface area contributed by atoms with Crippen molar-refractivity contribution in [1.29, 1.82) is 0 Å². The van der Waals surface area contributed by atoms with Gasteiger partial charge in [-0.05, 0) is 42.0 Å². The third kappa shape index (κ3) is 3.47. The fourth-order valence-electron chi connectivity index (χ4n) is 4.44. The van der Waals surface area contributed by atoms with E-state index in [-0.39, 0.29) is 43.4 Å². The second kappa shape index (κ2) is 7.60. The Balaban J connectivity index is 1.22. The maximum Gasteiger partial charge on any atom is 0.288 e. The predicted octanol–water partition coefficient (Wildman–Crippen LogP) is 0.587. The van der Waals surface area contributed by atoms with Gasteiger partial charge in [0.25, 0.3) is 5.91 Å². The van der Waals surface area contributed by atoms with Gasteiger partial charge in [-0.3, -0.25) is 14.5 Å². The maximum absolute atomic E-state index is 13.1. The van der Waals surface area contributed by atoms with Gasteiger partial charge in [0.1, 0.15) is 5.82 Å². The van der Waals surface area contributed by atoms with Crippen LogP contribution in [0.3, 0.4) is 0 Å². The van der Waals surface area contributed by atoms with Crippen LogP contribution in [0.25, 0.3) is 0 Å². The Morgan fingerprint density at radius 2 is 1.73 bits per heavy atom. The Bertz CT molecular complexity index is 973. The molecule has 0 unspecified atom stereocenters. The lowest BCUT2D eigenvalue weighted by Gasteiger charge is -2.35. The lowest BCUT2D eigenvalue weighted by atomic mass is 10.1. The van der Waals surface area contributed by atoms with E-state index in [1.165, 1.54) is 17.0 Å². The number of ether oxygens (including phenoxy) is 2. The van der Waals surface area contributed by atoms with E-state index in [9.17, 15) is 14.0 Å². The number of amides is 2. The number of rotatable bonds is 4. The third-order valence-corrected chi connectivity index (χ3v) is 6.11. The summed E-state index contributed by atoms with van der Waals surface area (Å²) in [6.45, 7) is 3.50. The van der Waals surface area contributed by atoms with E-state index in [2.05, 4.69) is 4.90 Å². The zero-order valence-electron chi connectivity index (χ0n) is 16.5. The smallest absolute Gasteiger partial charge is 0.288 e. The molecule has 1 atom stereocenters. The molecule has 3 heterocycles. The van der Waals surface area contributed by atoms with Crippen LogP contribution in [0.4, 0.5) is 10.1 Å². The standard InChI is InChI=1S/C22H22FN3O4/c23-16-2-4-17(5-3-16)24-7-9-25(10-8-24)18-12-21(27)26(22(18)28)13-15-1-6-19-20(11-15)30-14-29-19/h1-6,11,18H,7-10,12-14H2/p+1/t18-/m1/s1. The number of halogens is 1. The zero-order valence-corrected chi connectivity index (χ0v) is 16.5. The number of benzene rings is 2. The second-order valence-corrected chi connectivity index (χ2v) is 7.88. The van der Waals surface area contributed by atoms with Crippen molar-refractivity contribution in [2.45, 2.75) is 19.0 Å². The SMILES string of the molecule is O=C1C[C@@H]([NH+]2CCN(c3ccc(F)cc3)CC2)C(=O)N1Cc1ccc2c(c1)OCO2. The molecule has 3 aliphatic heterocycles. The number of likely N-dealkylation sites (tertiary alicyclic amines) is 1. The van der Waals surface area contributed by atoms with Gasteiger partial charge in [-0.2, -0.15) is 0 Å². The topological polar surface area (TPSA) is 63.5 Å². The molecule has 30 heavy (non-hydrogen) atoms. The summed E-state index contributed by atoms with van der Waals surface area (Å²) in [4.78, 5) is 30.3. The van der Waals surface area contributed by atoms with Crippen LogP contribution in [0.1, 0.15) is 12.0 Å². The molecule has 0 saturated carbocycles. The van der Waals surface area contributed by atoms with Crippen LogP contribution in [0.15, 0.2) is 42.5 Å². The molecule has 0 aromatic heterocycles. The summed E-state index contributed by atoms with van der Waals surface area (Å²) in [6.07, 6.45) is 0.245. The third-order valence-electron chi connectivity index (χ3n) is 6.11. The molecule has 2 aromatic rings. The van der Waals surface area contributed by atoms with Crippen molar-refractivity contribution in [3.05, 3.63) is 53.8 Å². The monoisotopic (exact) mass is 412 g/mol. The second-order valence-electron chi connectivity index (χ2n) is 7.88. The van der Waals surface area contributed by atoms with Crippen molar-refractivity contribution in [3.8, 4) is 11.5 Å². The number of anilines is 1. The van der Waals surface area contributed by atoms with Crippen molar-refractivity contribution < 1.29 is 28.4 Å². The van der Waals surface area contributed by atoms with Crippen LogP contribution in [-0.2, 0) is 16.1 Å². The van der Waals surface area contributed by atoms with Crippen molar-refractivity contribution in [1.82, 2.24) is 4.90 Å². The number of carbonyl (C=O) groups excluding carboxylic acids is 2. The number of quaternary nitrogens is 1. The Labute approximate surface area is 173 Å². The van der Waals surface area contributed by atoms with Gasteiger partial charge >= 0.3 is 0 Å². The van der Waals surface area contributed by atoms with E-state index in [0.717, 1.165) is 42.3 Å². The van der Waals surface area contributed by atoms with Gasteiger partial charge in [0.2, 0.25) is 12.7 Å². The fourth-order valence-corrected chi connectivity index (χ4v) is 4.44.